The molecule has 1 aliphatic carbocycles. The zero-order valence-electron chi connectivity index (χ0n) is 12.8. The molecule has 4 heteroatoms. The number of hydrogen-bond donors (Lipinski definition) is 2. The Balaban J connectivity index is 1.88. The van der Waals surface area contributed by atoms with Gasteiger partial charge in [-0.25, -0.2) is 0 Å². The Morgan fingerprint density at radius 3 is 2.48 bits per heavy atom. The van der Waals surface area contributed by atoms with E-state index in [2.05, 4.69) is 24.5 Å². The largest absolute Gasteiger partial charge is 0.353 e. The van der Waals surface area contributed by atoms with E-state index < -0.39 is 0 Å². The van der Waals surface area contributed by atoms with Crippen molar-refractivity contribution in [1.29, 1.82) is 0 Å². The molecule has 2 rings (SSSR count). The molecule has 0 spiro atoms. The van der Waals surface area contributed by atoms with Gasteiger partial charge in [-0.15, -0.1) is 0 Å². The van der Waals surface area contributed by atoms with E-state index in [4.69, 9.17) is 0 Å². The molecule has 1 aromatic carbocycles. The summed E-state index contributed by atoms with van der Waals surface area (Å²) < 4.78 is 0. The lowest BCUT2D eigenvalue weighted by molar-refractivity contribution is -0.127. The van der Waals surface area contributed by atoms with Gasteiger partial charge in [-0.05, 0) is 30.4 Å². The van der Waals surface area contributed by atoms with Crippen molar-refractivity contribution in [3.8, 4) is 0 Å². The number of nitrogens with one attached hydrogen (secondary N) is 2. The van der Waals surface area contributed by atoms with Gasteiger partial charge in [-0.3, -0.25) is 9.59 Å². The summed E-state index contributed by atoms with van der Waals surface area (Å²) in [6.45, 7) is 4.16. The number of amides is 2. The van der Waals surface area contributed by atoms with Gasteiger partial charge in [0.1, 0.15) is 6.42 Å². The molecule has 1 aliphatic rings. The van der Waals surface area contributed by atoms with Crippen LogP contribution in [-0.4, -0.2) is 17.9 Å². The first-order valence-corrected chi connectivity index (χ1v) is 7.74. The van der Waals surface area contributed by atoms with Gasteiger partial charge in [0.05, 0.1) is 0 Å². The van der Waals surface area contributed by atoms with Crippen molar-refractivity contribution in [2.45, 2.75) is 57.9 Å². The first kappa shape index (κ1) is 15.5. The van der Waals surface area contributed by atoms with Crippen molar-refractivity contribution in [1.82, 2.24) is 5.32 Å². The number of rotatable bonds is 5. The summed E-state index contributed by atoms with van der Waals surface area (Å²) in [6, 6.07) is 7.98. The van der Waals surface area contributed by atoms with Gasteiger partial charge in [0, 0.05) is 11.7 Å². The third-order valence-electron chi connectivity index (χ3n) is 3.90. The molecule has 0 aromatic heterocycles. The molecule has 1 saturated carbocycles. The normalized spacial score (nSPS) is 15.2. The molecule has 0 atom stereocenters. The maximum Gasteiger partial charge on any atom is 0.233 e. The third-order valence-corrected chi connectivity index (χ3v) is 3.90. The number of hydrogen-bond acceptors (Lipinski definition) is 2. The molecule has 4 nitrogen and oxygen atoms in total. The highest BCUT2D eigenvalue weighted by atomic mass is 16.2. The highest BCUT2D eigenvalue weighted by Gasteiger charge is 2.19. The van der Waals surface area contributed by atoms with Crippen LogP contribution in [0.2, 0.25) is 0 Å². The monoisotopic (exact) mass is 288 g/mol. The molecule has 0 unspecified atom stereocenters. The van der Waals surface area contributed by atoms with Crippen LogP contribution in [0.25, 0.3) is 0 Å². The summed E-state index contributed by atoms with van der Waals surface area (Å²) >= 11 is 0. The van der Waals surface area contributed by atoms with Crippen LogP contribution in [-0.2, 0) is 9.59 Å². The zero-order chi connectivity index (χ0) is 15.2. The molecule has 0 saturated heterocycles. The first-order valence-electron chi connectivity index (χ1n) is 7.74. The summed E-state index contributed by atoms with van der Waals surface area (Å²) in [5, 5.41) is 5.78. The molecule has 0 heterocycles. The Hall–Kier alpha value is -1.84. The minimum absolute atomic E-state index is 0.108. The third kappa shape index (κ3) is 4.59. The second-order valence-corrected chi connectivity index (χ2v) is 6.02. The van der Waals surface area contributed by atoms with Crippen LogP contribution < -0.4 is 10.6 Å². The van der Waals surface area contributed by atoms with Crippen molar-refractivity contribution < 1.29 is 9.59 Å². The van der Waals surface area contributed by atoms with Gasteiger partial charge >= 0.3 is 0 Å². The smallest absolute Gasteiger partial charge is 0.233 e. The highest BCUT2D eigenvalue weighted by Crippen LogP contribution is 2.23. The van der Waals surface area contributed by atoms with E-state index in [1.807, 2.05) is 24.3 Å². The average molecular weight is 288 g/mol. The molecule has 0 bridgehead atoms. The van der Waals surface area contributed by atoms with Crippen LogP contribution in [0, 0.1) is 0 Å². The van der Waals surface area contributed by atoms with Crippen molar-refractivity contribution in [2.75, 3.05) is 5.32 Å². The van der Waals surface area contributed by atoms with E-state index in [0.717, 1.165) is 24.1 Å². The number of para-hydroxylation sites is 1. The van der Waals surface area contributed by atoms with Crippen LogP contribution in [0.4, 0.5) is 5.69 Å². The van der Waals surface area contributed by atoms with E-state index in [1.165, 1.54) is 12.8 Å². The predicted octanol–water partition coefficient (Wildman–Crippen LogP) is 3.20. The number of benzene rings is 1. The molecule has 1 aromatic rings. The molecular formula is C17H24N2O2. The highest BCUT2D eigenvalue weighted by molar-refractivity contribution is 6.03. The number of carbonyl (C=O) groups excluding carboxylic acids is 2. The first-order chi connectivity index (χ1) is 10.1. The van der Waals surface area contributed by atoms with Crippen LogP contribution in [0.1, 0.15) is 57.4 Å². The molecular weight excluding hydrogens is 264 g/mol. The lowest BCUT2D eigenvalue weighted by Gasteiger charge is -2.14. The summed E-state index contributed by atoms with van der Waals surface area (Å²) in [6.07, 6.45) is 4.29. The van der Waals surface area contributed by atoms with E-state index in [1.54, 1.807) is 0 Å². The lowest BCUT2D eigenvalue weighted by atomic mass is 10.0. The predicted molar refractivity (Wildman–Crippen MR) is 84.2 cm³/mol. The maximum absolute atomic E-state index is 12.0. The summed E-state index contributed by atoms with van der Waals surface area (Å²) in [5.41, 5.74) is 1.88. The van der Waals surface area contributed by atoms with Gasteiger partial charge < -0.3 is 10.6 Å². The Kier molecular flexibility index (Phi) is 5.37. The number of anilines is 1. The van der Waals surface area contributed by atoms with Crippen molar-refractivity contribution in [2.24, 2.45) is 0 Å². The Morgan fingerprint density at radius 2 is 1.81 bits per heavy atom. The number of carbonyl (C=O) groups is 2. The quantitative estimate of drug-likeness (QED) is 0.817. The van der Waals surface area contributed by atoms with E-state index in [9.17, 15) is 9.59 Å². The summed E-state index contributed by atoms with van der Waals surface area (Å²) in [4.78, 5) is 23.8. The molecule has 0 aliphatic heterocycles. The fourth-order valence-electron chi connectivity index (χ4n) is 2.80. The fraction of sp³-hybridized carbons (Fsp3) is 0.529. The van der Waals surface area contributed by atoms with Crippen LogP contribution in [0.15, 0.2) is 24.3 Å². The molecule has 0 radical (unpaired) electrons. The van der Waals surface area contributed by atoms with Crippen molar-refractivity contribution >= 4 is 17.5 Å². The zero-order valence-corrected chi connectivity index (χ0v) is 12.8. The summed E-state index contributed by atoms with van der Waals surface area (Å²) in [7, 11) is 0. The van der Waals surface area contributed by atoms with Crippen LogP contribution in [0.5, 0.6) is 0 Å². The van der Waals surface area contributed by atoms with Crippen LogP contribution >= 0.6 is 0 Å². The topological polar surface area (TPSA) is 58.2 Å². The van der Waals surface area contributed by atoms with Gasteiger partial charge in [0.2, 0.25) is 11.8 Å². The molecule has 2 N–H and O–H groups in total. The molecule has 2 amide bonds. The second kappa shape index (κ2) is 7.25. The van der Waals surface area contributed by atoms with Gasteiger partial charge in [0.15, 0.2) is 0 Å². The SMILES string of the molecule is CC(C)c1ccccc1NC(=O)CC(=O)NC1CCCC1. The maximum atomic E-state index is 12.0. The van der Waals surface area contributed by atoms with Crippen molar-refractivity contribution in [3.63, 3.8) is 0 Å². The van der Waals surface area contributed by atoms with Crippen molar-refractivity contribution in [3.05, 3.63) is 29.8 Å². The van der Waals surface area contributed by atoms with Gasteiger partial charge in [-0.1, -0.05) is 44.9 Å². The molecule has 1 fully saturated rings. The second-order valence-electron chi connectivity index (χ2n) is 6.02. The van der Waals surface area contributed by atoms with Crippen LogP contribution in [0.3, 0.4) is 0 Å². The average Bonchev–Trinajstić information content (AvgIpc) is 2.91. The Morgan fingerprint density at radius 1 is 1.14 bits per heavy atom. The standard InChI is InChI=1S/C17H24N2O2/c1-12(2)14-9-5-6-10-15(14)19-17(21)11-16(20)18-13-7-3-4-8-13/h5-6,9-10,12-13H,3-4,7-8,11H2,1-2H3,(H,18,20)(H,19,21). The van der Waals surface area contributed by atoms with E-state index in [0.29, 0.717) is 5.92 Å². The fourth-order valence-corrected chi connectivity index (χ4v) is 2.80. The Bertz CT molecular complexity index is 505. The molecule has 114 valence electrons. The molecule has 21 heavy (non-hydrogen) atoms. The van der Waals surface area contributed by atoms with E-state index >= 15 is 0 Å². The minimum atomic E-state index is -0.251. The van der Waals surface area contributed by atoms with E-state index in [-0.39, 0.29) is 24.3 Å². The minimum Gasteiger partial charge on any atom is -0.353 e. The Labute approximate surface area is 126 Å². The summed E-state index contributed by atoms with van der Waals surface area (Å²) in [5.74, 6) is -0.103. The van der Waals surface area contributed by atoms with Gasteiger partial charge in [-0.2, -0.15) is 0 Å². The van der Waals surface area contributed by atoms with Gasteiger partial charge in [0.25, 0.3) is 0 Å². The lowest BCUT2D eigenvalue weighted by Crippen LogP contribution is -2.35.